The summed E-state index contributed by atoms with van der Waals surface area (Å²) in [7, 11) is 0. The van der Waals surface area contributed by atoms with Crippen LogP contribution in [0.25, 0.3) is 83.3 Å². The summed E-state index contributed by atoms with van der Waals surface area (Å²) in [5, 5.41) is 13.5. The normalized spacial score (nSPS) is 12.4. The van der Waals surface area contributed by atoms with E-state index in [0.29, 0.717) is 22.2 Å². The molecule has 0 amide bonds. The summed E-state index contributed by atoms with van der Waals surface area (Å²) >= 11 is 0. The zero-order chi connectivity index (χ0) is 37.5. The molecule has 6 heteroatoms. The second-order valence-electron chi connectivity index (χ2n) is 16.4. The second kappa shape index (κ2) is 12.1. The van der Waals surface area contributed by atoms with Crippen molar-refractivity contribution in [3.63, 3.8) is 0 Å². The highest BCUT2D eigenvalue weighted by molar-refractivity contribution is 6.11. The van der Waals surface area contributed by atoms with E-state index in [2.05, 4.69) is 131 Å². The lowest BCUT2D eigenvalue weighted by molar-refractivity contribution is 0.474. The van der Waals surface area contributed by atoms with Crippen LogP contribution < -0.4 is 0 Å². The van der Waals surface area contributed by atoms with Crippen molar-refractivity contribution in [1.29, 1.82) is 0 Å². The van der Waals surface area contributed by atoms with Gasteiger partial charge in [0.2, 0.25) is 0 Å². The Bertz CT molecular complexity index is 2920. The molecule has 0 radical (unpaired) electrons. The predicted octanol–water partition coefficient (Wildman–Crippen LogP) is 12.5. The van der Waals surface area contributed by atoms with E-state index in [0.717, 1.165) is 61.1 Å². The van der Waals surface area contributed by atoms with Gasteiger partial charge in [0.1, 0.15) is 22.7 Å². The third-order valence-corrected chi connectivity index (χ3v) is 10.7. The zero-order valence-electron chi connectivity index (χ0n) is 31.7. The average molecular weight is 707 g/mol. The number of para-hydroxylation sites is 2. The quantitative estimate of drug-likeness (QED) is 0.197. The molecule has 5 aromatic carbocycles. The van der Waals surface area contributed by atoms with Gasteiger partial charge in [-0.25, -0.2) is 9.97 Å². The van der Waals surface area contributed by atoms with Crippen molar-refractivity contribution in [3.05, 3.63) is 138 Å². The maximum absolute atomic E-state index is 11.4. The van der Waals surface area contributed by atoms with Crippen LogP contribution in [0.4, 0.5) is 0 Å². The minimum Gasteiger partial charge on any atom is -0.506 e. The number of aryl methyl sites for hydroxylation is 1. The van der Waals surface area contributed by atoms with Crippen LogP contribution in [0.5, 0.6) is 5.75 Å². The first-order valence-corrected chi connectivity index (χ1v) is 18.5. The van der Waals surface area contributed by atoms with E-state index in [-0.39, 0.29) is 16.6 Å². The van der Waals surface area contributed by atoms with Crippen LogP contribution in [0.2, 0.25) is 0 Å². The van der Waals surface area contributed by atoms with Gasteiger partial charge in [-0.15, -0.1) is 0 Å². The van der Waals surface area contributed by atoms with Crippen LogP contribution in [0.3, 0.4) is 0 Å². The third-order valence-electron chi connectivity index (χ3n) is 10.7. The molecule has 9 aromatic rings. The minimum atomic E-state index is -0.0454. The molecule has 0 fully saturated rings. The van der Waals surface area contributed by atoms with E-state index in [9.17, 15) is 5.11 Å². The molecule has 0 spiro atoms. The molecule has 54 heavy (non-hydrogen) atoms. The largest absolute Gasteiger partial charge is 0.506 e. The highest BCUT2D eigenvalue weighted by Crippen LogP contribution is 2.44. The second-order valence-corrected chi connectivity index (χ2v) is 16.4. The highest BCUT2D eigenvalue weighted by atomic mass is 16.3. The number of imidazole rings is 1. The number of hydrogen-bond donors (Lipinski definition) is 1. The fourth-order valence-corrected chi connectivity index (χ4v) is 7.63. The van der Waals surface area contributed by atoms with Crippen LogP contribution >= 0.6 is 0 Å². The lowest BCUT2D eigenvalue weighted by Gasteiger charge is -2.22. The Labute approximate surface area is 314 Å². The van der Waals surface area contributed by atoms with Crippen molar-refractivity contribution < 1.29 is 9.52 Å². The smallest absolute Gasteiger partial charge is 0.165 e. The molecule has 9 rings (SSSR count). The van der Waals surface area contributed by atoms with E-state index in [4.69, 9.17) is 14.4 Å². The molecule has 0 aliphatic carbocycles. The van der Waals surface area contributed by atoms with Crippen LogP contribution in [0.15, 0.2) is 126 Å². The Morgan fingerprint density at radius 1 is 0.630 bits per heavy atom. The van der Waals surface area contributed by atoms with Crippen LogP contribution in [0, 0.1) is 6.92 Å². The molecule has 0 unspecified atom stereocenters. The van der Waals surface area contributed by atoms with Crippen molar-refractivity contribution in [2.75, 3.05) is 0 Å². The van der Waals surface area contributed by atoms with E-state index in [1.807, 2.05) is 42.6 Å². The topological polar surface area (TPSA) is 77.0 Å². The van der Waals surface area contributed by atoms with Gasteiger partial charge in [0.25, 0.3) is 0 Å². The molecule has 0 saturated carbocycles. The number of furan rings is 1. The van der Waals surface area contributed by atoms with Gasteiger partial charge in [-0.3, -0.25) is 9.55 Å². The molecule has 1 N–H and O–H groups in total. The fourth-order valence-electron chi connectivity index (χ4n) is 7.63. The van der Waals surface area contributed by atoms with Gasteiger partial charge in [-0.2, -0.15) is 0 Å². The highest BCUT2D eigenvalue weighted by Gasteiger charge is 2.25. The molecule has 4 aromatic heterocycles. The summed E-state index contributed by atoms with van der Waals surface area (Å²) in [6.45, 7) is 15.6. The Balaban J connectivity index is 1.31. The maximum atomic E-state index is 11.4. The molecular formula is C48H42N4O2. The summed E-state index contributed by atoms with van der Waals surface area (Å²) in [4.78, 5) is 15.0. The number of pyridine rings is 2. The summed E-state index contributed by atoms with van der Waals surface area (Å²) in [5.41, 5.74) is 13.7. The van der Waals surface area contributed by atoms with Gasteiger partial charge < -0.3 is 9.52 Å². The number of aromatic hydroxyl groups is 1. The zero-order valence-corrected chi connectivity index (χ0v) is 31.7. The minimum absolute atomic E-state index is 0.00739. The van der Waals surface area contributed by atoms with Crippen LogP contribution in [-0.2, 0) is 10.8 Å². The van der Waals surface area contributed by atoms with E-state index >= 15 is 0 Å². The monoisotopic (exact) mass is 706 g/mol. The number of nitrogens with zero attached hydrogens (tertiary/aromatic N) is 4. The van der Waals surface area contributed by atoms with E-state index in [1.165, 1.54) is 22.9 Å². The molecule has 4 heterocycles. The predicted molar refractivity (Wildman–Crippen MR) is 222 cm³/mol. The van der Waals surface area contributed by atoms with Crippen molar-refractivity contribution in [3.8, 4) is 45.1 Å². The number of rotatable bonds is 4. The number of aromatic nitrogens is 4. The van der Waals surface area contributed by atoms with Crippen molar-refractivity contribution in [2.24, 2.45) is 0 Å². The van der Waals surface area contributed by atoms with E-state index in [1.54, 1.807) is 0 Å². The van der Waals surface area contributed by atoms with Gasteiger partial charge in [0.05, 0.1) is 28.3 Å². The van der Waals surface area contributed by atoms with Gasteiger partial charge in [-0.05, 0) is 94.6 Å². The Morgan fingerprint density at radius 3 is 2.15 bits per heavy atom. The lowest BCUT2D eigenvalue weighted by Crippen LogP contribution is -2.11. The van der Waals surface area contributed by atoms with Gasteiger partial charge in [0, 0.05) is 39.3 Å². The molecule has 0 atom stereocenters. The molecule has 0 saturated heterocycles. The standard InChI is InChI=1S/C48H42N4O2/c1-28-22-23-49-42-36(28)25-32(48(5,6)7)26-37(42)29-12-10-13-30(24-29)46-51-43-35(41-39(53)27-50-44-34-14-8-9-17-40(34)54-45(41)44)15-11-16-38(43)52(46)33-20-18-31(19-21-33)47(2,3)4/h8-27,53H,1-7H3. The first kappa shape index (κ1) is 33.6. The summed E-state index contributed by atoms with van der Waals surface area (Å²) in [5.74, 6) is 0.827. The van der Waals surface area contributed by atoms with Crippen LogP contribution in [-0.4, -0.2) is 24.6 Å². The summed E-state index contributed by atoms with van der Waals surface area (Å²) < 4.78 is 8.62. The molecule has 6 nitrogen and oxygen atoms in total. The lowest BCUT2D eigenvalue weighted by atomic mass is 9.83. The Kier molecular flexibility index (Phi) is 7.54. The molecule has 266 valence electrons. The maximum Gasteiger partial charge on any atom is 0.165 e. The fraction of sp³-hybridized carbons (Fsp3) is 0.188. The average Bonchev–Trinajstić information content (AvgIpc) is 3.73. The molecule has 0 aliphatic heterocycles. The Hall–Kier alpha value is -6.27. The number of hydrogen-bond acceptors (Lipinski definition) is 5. The summed E-state index contributed by atoms with van der Waals surface area (Å²) in [6, 6.07) is 38.0. The summed E-state index contributed by atoms with van der Waals surface area (Å²) in [6.07, 6.45) is 3.41. The first-order valence-electron chi connectivity index (χ1n) is 18.5. The number of benzene rings is 5. The third kappa shape index (κ3) is 5.44. The molecule has 0 bridgehead atoms. The number of fused-ring (bicyclic) bond motifs is 5. The Morgan fingerprint density at radius 2 is 1.37 bits per heavy atom. The van der Waals surface area contributed by atoms with Gasteiger partial charge in [0.15, 0.2) is 5.58 Å². The van der Waals surface area contributed by atoms with Crippen molar-refractivity contribution in [2.45, 2.75) is 59.3 Å². The van der Waals surface area contributed by atoms with E-state index < -0.39 is 0 Å². The van der Waals surface area contributed by atoms with Gasteiger partial charge >= 0.3 is 0 Å². The SMILES string of the molecule is Cc1ccnc2c(-c3cccc(-c4nc5c(-c6c(O)cnc7c6oc6ccccc67)cccc5n4-c4ccc(C(C)(C)C)cc4)c3)cc(C(C)(C)C)cc12. The first-order chi connectivity index (χ1) is 25.9. The van der Waals surface area contributed by atoms with Crippen molar-refractivity contribution >= 4 is 44.0 Å². The molecule has 0 aliphatic rings. The van der Waals surface area contributed by atoms with Gasteiger partial charge in [-0.1, -0.05) is 96.1 Å². The molecular weight excluding hydrogens is 665 g/mol. The van der Waals surface area contributed by atoms with Crippen LogP contribution in [0.1, 0.15) is 58.2 Å². The van der Waals surface area contributed by atoms with Crippen molar-refractivity contribution in [1.82, 2.24) is 19.5 Å².